The van der Waals surface area contributed by atoms with Crippen LogP contribution in [0.15, 0.2) is 11.1 Å². The van der Waals surface area contributed by atoms with E-state index < -0.39 is 13.0 Å². The van der Waals surface area contributed by atoms with Gasteiger partial charge < -0.3 is 0 Å². The molecule has 20 rings (SSSR count). The third-order valence-electron chi connectivity index (χ3n) is 31.1. The molecule has 0 amide bonds. The maximum atomic E-state index is 2.88. The van der Waals surface area contributed by atoms with Crippen LogP contribution in [0, 0.1) is 0 Å². The van der Waals surface area contributed by atoms with Crippen molar-refractivity contribution < 1.29 is 13.0 Å². The molecule has 26 heavy (non-hydrogen) atoms. The molecule has 20 aliphatic heterocycles. The van der Waals surface area contributed by atoms with Gasteiger partial charge in [0.25, 0.3) is 0 Å². The van der Waals surface area contributed by atoms with Crippen LogP contribution in [0.2, 0.25) is 95.3 Å². The van der Waals surface area contributed by atoms with Crippen LogP contribution in [-0.2, 0) is 13.0 Å². The molecular weight excluding hydrogens is 400 g/mol. The Balaban J connectivity index is 1.14. The molecule has 20 heterocycles. The van der Waals surface area contributed by atoms with E-state index in [0.717, 1.165) is 8.63 Å². The van der Waals surface area contributed by atoms with Gasteiger partial charge in [0.05, 0.1) is 0 Å². The van der Waals surface area contributed by atoms with Crippen molar-refractivity contribution in [1.82, 2.24) is 0 Å². The summed E-state index contributed by atoms with van der Waals surface area (Å²) in [7, 11) is 0. The Morgan fingerprint density at radius 1 is 0.423 bits per heavy atom. The zero-order chi connectivity index (χ0) is 15.2. The zero-order valence-corrected chi connectivity index (χ0v) is 17.3. The number of rotatable bonds is 2. The van der Waals surface area contributed by atoms with Gasteiger partial charge in [0.1, 0.15) is 0 Å². The fourth-order valence-electron chi connectivity index (χ4n) is 35.0. The van der Waals surface area contributed by atoms with Gasteiger partial charge in [0.15, 0.2) is 0 Å². The quantitative estimate of drug-likeness (QED) is 0.313. The Hall–Kier alpha value is 0.779. The normalized spacial score (nSPS) is 154. The third-order valence-corrected chi connectivity index (χ3v) is 116. The summed E-state index contributed by atoms with van der Waals surface area (Å²) in [6.45, 7) is -0.0785. The Morgan fingerprint density at radius 3 is 0.769 bits per heavy atom. The number of allylic oxidation sites excluding steroid dienone is 2. The van der Waals surface area contributed by atoms with E-state index in [0.29, 0.717) is 0 Å². The molecular formula is C24H24Fe2. The molecule has 136 valence electrons. The molecule has 0 aromatic rings. The number of hydrogen-bond donors (Lipinski definition) is 0. The summed E-state index contributed by atoms with van der Waals surface area (Å²) in [5, 5.41) is 0. The topological polar surface area (TPSA) is 0 Å². The van der Waals surface area contributed by atoms with Gasteiger partial charge in [-0.3, -0.25) is 0 Å². The first-order valence-electron chi connectivity index (χ1n) is 12.3. The first-order valence-corrected chi connectivity index (χ1v) is 24.8. The summed E-state index contributed by atoms with van der Waals surface area (Å²) < 4.78 is 2.23. The predicted octanol–water partition coefficient (Wildman–Crippen LogP) is 7.84. The molecule has 0 bridgehead atoms. The fourth-order valence-corrected chi connectivity index (χ4v) is 185. The van der Waals surface area contributed by atoms with E-state index in [9.17, 15) is 0 Å². The molecule has 8 unspecified atom stereocenters. The molecule has 20 aliphatic rings. The molecule has 0 aliphatic carbocycles. The molecule has 0 radical (unpaired) electrons. The summed E-state index contributed by atoms with van der Waals surface area (Å²) in [5.41, 5.74) is 4.58. The fraction of sp³-hybridized carbons (Fsp3) is 0.917. The summed E-state index contributed by atoms with van der Waals surface area (Å²) in [5.74, 6) is 0. The van der Waals surface area contributed by atoms with E-state index in [2.05, 4.69) is 25.0 Å². The van der Waals surface area contributed by atoms with Crippen molar-refractivity contribution in [3.05, 3.63) is 11.1 Å². The molecule has 0 aromatic heterocycles. The van der Waals surface area contributed by atoms with Crippen LogP contribution < -0.4 is 0 Å². The average molecular weight is 424 g/mol. The Kier molecular flexibility index (Phi) is 0.195. The van der Waals surface area contributed by atoms with Crippen LogP contribution in [0.1, 0.15) is 13.8 Å². The van der Waals surface area contributed by atoms with Crippen LogP contribution in [-0.4, -0.2) is 0 Å². The van der Waals surface area contributed by atoms with Crippen molar-refractivity contribution in [2.75, 3.05) is 0 Å². The molecule has 0 nitrogen and oxygen atoms in total. The van der Waals surface area contributed by atoms with Crippen molar-refractivity contribution in [1.29, 1.82) is 0 Å². The van der Waals surface area contributed by atoms with Gasteiger partial charge in [-0.2, -0.15) is 0 Å². The summed E-state index contributed by atoms with van der Waals surface area (Å²) >= 11 is 0. The van der Waals surface area contributed by atoms with E-state index in [1.807, 2.05) is 0 Å². The summed E-state index contributed by atoms with van der Waals surface area (Å²) in [6, 6.07) is 0. The van der Waals surface area contributed by atoms with E-state index in [1.54, 1.807) is 67.4 Å². The van der Waals surface area contributed by atoms with Crippen LogP contribution >= 0.6 is 0 Å². The zero-order valence-electron chi connectivity index (χ0n) is 15.1. The second-order valence-corrected chi connectivity index (χ2v) is 67.7. The Bertz CT molecular complexity index is 1830. The van der Waals surface area contributed by atoms with Crippen LogP contribution in [0.3, 0.4) is 0 Å². The molecule has 20 saturated heterocycles. The maximum absolute atomic E-state index is 2.92. The summed E-state index contributed by atoms with van der Waals surface area (Å²) in [4.78, 5) is 27.7. The first-order chi connectivity index (χ1) is 12.2. The standard InChI is InChI=1S/C14H14.2C5H5.2Fe/c1-11(13-7-3-4-8-13)12(2)14-9-5-6-10-14;2*1-2-4-5-3-1;;/h3-10H,1-2H3;2*1-5H;;. The molecule has 8 atom stereocenters. The van der Waals surface area contributed by atoms with Crippen molar-refractivity contribution in [2.45, 2.75) is 109 Å². The van der Waals surface area contributed by atoms with Crippen molar-refractivity contribution in [3.8, 4) is 0 Å². The third kappa shape index (κ3) is 0.0715. The number of hydrogen-bond acceptors (Lipinski definition) is 0. The van der Waals surface area contributed by atoms with Gasteiger partial charge in [0, 0.05) is 0 Å². The second kappa shape index (κ2) is 0.597. The van der Waals surface area contributed by atoms with Crippen molar-refractivity contribution in [3.63, 3.8) is 0 Å². The van der Waals surface area contributed by atoms with Gasteiger partial charge in [-0.15, -0.1) is 0 Å². The van der Waals surface area contributed by atoms with E-state index in [-0.39, 0.29) is 0 Å². The molecule has 0 N–H and O–H groups in total. The predicted molar refractivity (Wildman–Crippen MR) is 91.3 cm³/mol. The van der Waals surface area contributed by atoms with E-state index in [4.69, 9.17) is 0 Å². The van der Waals surface area contributed by atoms with E-state index >= 15 is 0 Å². The molecule has 0 aromatic carbocycles. The Morgan fingerprint density at radius 2 is 0.654 bits per heavy atom. The first kappa shape index (κ1) is 8.49. The monoisotopic (exact) mass is 424 g/mol. The second-order valence-electron chi connectivity index (χ2n) is 20.6. The Labute approximate surface area is 132 Å². The molecule has 20 fully saturated rings. The van der Waals surface area contributed by atoms with E-state index in [1.165, 1.54) is 19.3 Å². The van der Waals surface area contributed by atoms with Gasteiger partial charge in [-0.1, -0.05) is 0 Å². The SMILES string of the molecule is CC(=C(C)[C]12[CH]3[CH]4[CH]5[CH]1[Fe]45321678[CH]2[CH]1[CH]6[CH]7[CH]28)[C]12[CH]3[CH]4[CH]5[CH]1[Fe]45321678[CH]2[CH]1[CH]6[CH]7[CH]28. The van der Waals surface area contributed by atoms with Crippen LogP contribution in [0.5, 0.6) is 0 Å². The van der Waals surface area contributed by atoms with Crippen LogP contribution in [0.25, 0.3) is 0 Å². The average Bonchev–Trinajstić information content (AvgIpc) is 3.55. The number of fused-ring (bicyclic) bond motifs is 20. The van der Waals surface area contributed by atoms with Gasteiger partial charge in [-0.25, -0.2) is 0 Å². The molecule has 0 saturated carbocycles. The molecule has 2 spiro atoms. The van der Waals surface area contributed by atoms with Gasteiger partial charge >= 0.3 is 133 Å². The summed E-state index contributed by atoms with van der Waals surface area (Å²) in [6.07, 6.45) is 0. The molecule has 2 heteroatoms. The minimum absolute atomic E-state index is 1.12. The van der Waals surface area contributed by atoms with Crippen molar-refractivity contribution >= 4 is 0 Å². The van der Waals surface area contributed by atoms with Crippen LogP contribution in [0.4, 0.5) is 0 Å². The van der Waals surface area contributed by atoms with Gasteiger partial charge in [0.2, 0.25) is 0 Å². The van der Waals surface area contributed by atoms with Crippen molar-refractivity contribution in [2.24, 2.45) is 0 Å². The minimum atomic E-state index is -2.92. The van der Waals surface area contributed by atoms with Gasteiger partial charge in [-0.05, 0) is 0 Å².